The topological polar surface area (TPSA) is 84.2 Å². The first kappa shape index (κ1) is 11.6. The van der Waals surface area contributed by atoms with Gasteiger partial charge in [-0.25, -0.2) is 0 Å². The lowest BCUT2D eigenvalue weighted by atomic mass is 10.2. The van der Waals surface area contributed by atoms with Crippen molar-refractivity contribution in [2.45, 2.75) is 12.5 Å². The first-order chi connectivity index (χ1) is 6.11. The molecule has 0 fully saturated rings. The fourth-order valence-corrected chi connectivity index (χ4v) is 0.673. The van der Waals surface area contributed by atoms with Crippen LogP contribution >= 0.6 is 0 Å². The predicted octanol–water partition coefficient (Wildman–Crippen LogP) is -1.25. The average molecular weight is 185 g/mol. The van der Waals surface area contributed by atoms with Crippen molar-refractivity contribution >= 4 is 11.8 Å². The van der Waals surface area contributed by atoms with Crippen LogP contribution in [0.5, 0.6) is 0 Å². The molecule has 0 rings (SSSR count). The lowest BCUT2D eigenvalue weighted by molar-refractivity contribution is -0.126. The predicted molar refractivity (Wildman–Crippen MR) is 49.9 cm³/mol. The van der Waals surface area contributed by atoms with E-state index >= 15 is 0 Å². The van der Waals surface area contributed by atoms with Crippen molar-refractivity contribution in [2.24, 2.45) is 5.73 Å². The molecule has 4 N–H and O–H groups in total. The van der Waals surface area contributed by atoms with Gasteiger partial charge in [-0.1, -0.05) is 6.08 Å². The first-order valence-corrected chi connectivity index (χ1v) is 3.96. The van der Waals surface area contributed by atoms with E-state index in [-0.39, 0.29) is 18.4 Å². The standard InChI is InChI=1S/C8H15N3O2/c1-3-4-6(9)8(13)11-5-7(12)10-2/h3,6H,1,4-5,9H2,2H3,(H,10,12)(H,11,13). The van der Waals surface area contributed by atoms with E-state index in [1.54, 1.807) is 6.08 Å². The van der Waals surface area contributed by atoms with Crippen molar-refractivity contribution in [2.75, 3.05) is 13.6 Å². The second kappa shape index (κ2) is 6.19. The van der Waals surface area contributed by atoms with Crippen LogP contribution in [0.15, 0.2) is 12.7 Å². The van der Waals surface area contributed by atoms with Crippen LogP contribution in [0.2, 0.25) is 0 Å². The fraction of sp³-hybridized carbons (Fsp3) is 0.500. The van der Waals surface area contributed by atoms with Crippen molar-refractivity contribution in [1.82, 2.24) is 10.6 Å². The van der Waals surface area contributed by atoms with Gasteiger partial charge in [-0.05, 0) is 6.42 Å². The summed E-state index contributed by atoms with van der Waals surface area (Å²) >= 11 is 0. The van der Waals surface area contributed by atoms with Crippen molar-refractivity contribution in [3.8, 4) is 0 Å². The van der Waals surface area contributed by atoms with Gasteiger partial charge in [0.2, 0.25) is 11.8 Å². The number of nitrogens with one attached hydrogen (secondary N) is 2. The van der Waals surface area contributed by atoms with Gasteiger partial charge in [-0.3, -0.25) is 9.59 Å². The highest BCUT2D eigenvalue weighted by Gasteiger charge is 2.11. The third-order valence-electron chi connectivity index (χ3n) is 1.46. The Morgan fingerprint density at radius 1 is 1.62 bits per heavy atom. The fourth-order valence-electron chi connectivity index (χ4n) is 0.673. The van der Waals surface area contributed by atoms with Crippen LogP contribution in [-0.4, -0.2) is 31.4 Å². The molecule has 1 atom stereocenters. The van der Waals surface area contributed by atoms with Gasteiger partial charge in [0, 0.05) is 7.05 Å². The van der Waals surface area contributed by atoms with Gasteiger partial charge in [0.1, 0.15) is 0 Å². The van der Waals surface area contributed by atoms with Crippen molar-refractivity contribution < 1.29 is 9.59 Å². The van der Waals surface area contributed by atoms with Gasteiger partial charge < -0.3 is 16.4 Å². The summed E-state index contributed by atoms with van der Waals surface area (Å²) in [6.07, 6.45) is 1.96. The molecule has 0 spiro atoms. The van der Waals surface area contributed by atoms with Gasteiger partial charge >= 0.3 is 0 Å². The third-order valence-corrected chi connectivity index (χ3v) is 1.46. The number of likely N-dealkylation sites (N-methyl/N-ethyl adjacent to an activating group) is 1. The minimum Gasteiger partial charge on any atom is -0.358 e. The SMILES string of the molecule is C=CCC(N)C(=O)NCC(=O)NC. The van der Waals surface area contributed by atoms with E-state index < -0.39 is 6.04 Å². The molecule has 13 heavy (non-hydrogen) atoms. The maximum Gasteiger partial charge on any atom is 0.239 e. The molecule has 0 saturated heterocycles. The van der Waals surface area contributed by atoms with Crippen molar-refractivity contribution in [3.63, 3.8) is 0 Å². The highest BCUT2D eigenvalue weighted by Crippen LogP contribution is 1.87. The molecule has 5 heteroatoms. The highest BCUT2D eigenvalue weighted by molar-refractivity contribution is 5.87. The Kier molecular flexibility index (Phi) is 5.54. The van der Waals surface area contributed by atoms with Gasteiger partial charge in [0.05, 0.1) is 12.6 Å². The lowest BCUT2D eigenvalue weighted by Gasteiger charge is -2.08. The summed E-state index contributed by atoms with van der Waals surface area (Å²) in [6, 6.07) is -0.623. The Bertz CT molecular complexity index is 204. The summed E-state index contributed by atoms with van der Waals surface area (Å²) in [7, 11) is 1.50. The summed E-state index contributed by atoms with van der Waals surface area (Å²) in [4.78, 5) is 21.8. The van der Waals surface area contributed by atoms with Crippen LogP contribution in [0.4, 0.5) is 0 Å². The van der Waals surface area contributed by atoms with Crippen LogP contribution in [0.1, 0.15) is 6.42 Å². The van der Waals surface area contributed by atoms with E-state index in [0.717, 1.165) is 0 Å². The summed E-state index contributed by atoms with van der Waals surface area (Å²) in [5, 5.41) is 4.77. The average Bonchev–Trinajstić information content (AvgIpc) is 2.13. The molecule has 0 saturated carbocycles. The Balaban J connectivity index is 3.73. The van der Waals surface area contributed by atoms with Crippen LogP contribution in [0.3, 0.4) is 0 Å². The quantitative estimate of drug-likeness (QED) is 0.468. The van der Waals surface area contributed by atoms with E-state index in [0.29, 0.717) is 6.42 Å². The molecule has 2 amide bonds. The molecule has 0 bridgehead atoms. The minimum absolute atomic E-state index is 0.0415. The van der Waals surface area contributed by atoms with Crippen LogP contribution in [0, 0.1) is 0 Å². The molecular weight excluding hydrogens is 170 g/mol. The van der Waals surface area contributed by atoms with Gasteiger partial charge in [-0.2, -0.15) is 0 Å². The molecule has 0 heterocycles. The summed E-state index contributed by atoms with van der Waals surface area (Å²) in [6.45, 7) is 3.41. The van der Waals surface area contributed by atoms with Gasteiger partial charge in [0.25, 0.3) is 0 Å². The number of hydrogen-bond donors (Lipinski definition) is 3. The molecule has 1 unspecified atom stereocenters. The summed E-state index contributed by atoms with van der Waals surface area (Å²) < 4.78 is 0. The summed E-state index contributed by atoms with van der Waals surface area (Å²) in [5.74, 6) is -0.595. The second-order valence-corrected chi connectivity index (χ2v) is 2.52. The number of hydrogen-bond acceptors (Lipinski definition) is 3. The van der Waals surface area contributed by atoms with Crippen molar-refractivity contribution in [1.29, 1.82) is 0 Å². The minimum atomic E-state index is -0.623. The molecule has 0 aromatic carbocycles. The molecule has 0 aliphatic rings. The van der Waals surface area contributed by atoms with Crippen molar-refractivity contribution in [3.05, 3.63) is 12.7 Å². The monoisotopic (exact) mass is 185 g/mol. The van der Waals surface area contributed by atoms with Crippen LogP contribution in [0.25, 0.3) is 0 Å². The van der Waals surface area contributed by atoms with Gasteiger partial charge in [-0.15, -0.1) is 6.58 Å². The second-order valence-electron chi connectivity index (χ2n) is 2.52. The normalized spacial score (nSPS) is 11.5. The van der Waals surface area contributed by atoms with E-state index in [1.165, 1.54) is 7.05 Å². The first-order valence-electron chi connectivity index (χ1n) is 3.96. The van der Waals surface area contributed by atoms with Gasteiger partial charge in [0.15, 0.2) is 0 Å². The molecular formula is C8H15N3O2. The Hall–Kier alpha value is -1.36. The van der Waals surface area contributed by atoms with E-state index in [2.05, 4.69) is 17.2 Å². The smallest absolute Gasteiger partial charge is 0.239 e. The Morgan fingerprint density at radius 3 is 2.69 bits per heavy atom. The molecule has 74 valence electrons. The Morgan fingerprint density at radius 2 is 2.23 bits per heavy atom. The Labute approximate surface area is 77.4 Å². The zero-order valence-electron chi connectivity index (χ0n) is 7.67. The largest absolute Gasteiger partial charge is 0.358 e. The number of nitrogens with two attached hydrogens (primary N) is 1. The third kappa shape index (κ3) is 4.97. The van der Waals surface area contributed by atoms with E-state index in [4.69, 9.17) is 5.73 Å². The number of carbonyl (C=O) groups is 2. The maximum atomic E-state index is 11.1. The van der Waals surface area contributed by atoms with Crippen LogP contribution < -0.4 is 16.4 Å². The zero-order chi connectivity index (χ0) is 10.3. The number of carbonyl (C=O) groups excluding carboxylic acids is 2. The molecule has 0 radical (unpaired) electrons. The molecule has 0 aliphatic heterocycles. The van der Waals surface area contributed by atoms with E-state index in [9.17, 15) is 9.59 Å². The molecule has 0 aromatic rings. The molecule has 0 aromatic heterocycles. The molecule has 5 nitrogen and oxygen atoms in total. The van der Waals surface area contributed by atoms with Crippen LogP contribution in [-0.2, 0) is 9.59 Å². The number of rotatable bonds is 5. The lowest BCUT2D eigenvalue weighted by Crippen LogP contribution is -2.44. The maximum absolute atomic E-state index is 11.1. The number of amides is 2. The zero-order valence-corrected chi connectivity index (χ0v) is 7.67. The molecule has 0 aliphatic carbocycles. The summed E-state index contributed by atoms with van der Waals surface area (Å²) in [5.41, 5.74) is 5.44. The highest BCUT2D eigenvalue weighted by atomic mass is 16.2. The van der Waals surface area contributed by atoms with E-state index in [1.807, 2.05) is 0 Å².